The third-order valence-electron chi connectivity index (χ3n) is 3.92. The Balaban J connectivity index is 1.82. The molecular formula is C16H23NO3. The minimum absolute atomic E-state index is 0.0194. The predicted octanol–water partition coefficient (Wildman–Crippen LogP) is 1.91. The number of benzene rings is 1. The quantitative estimate of drug-likeness (QED) is 0.894. The van der Waals surface area contributed by atoms with Crippen LogP contribution in [0.5, 0.6) is 5.75 Å². The predicted molar refractivity (Wildman–Crippen MR) is 77.8 cm³/mol. The van der Waals surface area contributed by atoms with Gasteiger partial charge in [0.25, 0.3) is 5.91 Å². The third kappa shape index (κ3) is 3.51. The van der Waals surface area contributed by atoms with Gasteiger partial charge in [-0.05, 0) is 43.7 Å². The first-order valence-corrected chi connectivity index (χ1v) is 7.08. The lowest BCUT2D eigenvalue weighted by Crippen LogP contribution is -2.41. The molecule has 0 bridgehead atoms. The molecule has 2 rings (SSSR count). The van der Waals surface area contributed by atoms with Gasteiger partial charge in [-0.2, -0.15) is 0 Å². The van der Waals surface area contributed by atoms with Gasteiger partial charge in [0.15, 0.2) is 6.61 Å². The summed E-state index contributed by atoms with van der Waals surface area (Å²) < 4.78 is 5.66. The highest BCUT2D eigenvalue weighted by Crippen LogP contribution is 2.27. The number of ether oxygens (including phenoxy) is 1. The van der Waals surface area contributed by atoms with E-state index in [0.29, 0.717) is 12.5 Å². The van der Waals surface area contributed by atoms with E-state index in [4.69, 9.17) is 4.74 Å². The fraction of sp³-hybridized carbons (Fsp3) is 0.562. The van der Waals surface area contributed by atoms with Crippen LogP contribution in [0.25, 0.3) is 0 Å². The number of aliphatic hydroxyl groups is 1. The highest BCUT2D eigenvalue weighted by molar-refractivity contribution is 5.77. The second-order valence-electron chi connectivity index (χ2n) is 5.78. The van der Waals surface area contributed by atoms with Gasteiger partial charge in [-0.3, -0.25) is 4.79 Å². The smallest absolute Gasteiger partial charge is 0.260 e. The monoisotopic (exact) mass is 277 g/mol. The Morgan fingerprint density at radius 2 is 1.95 bits per heavy atom. The Bertz CT molecular complexity index is 460. The molecule has 1 aromatic rings. The number of likely N-dealkylation sites (N-methyl/N-ethyl adjacent to an activating group) is 1. The summed E-state index contributed by atoms with van der Waals surface area (Å²) >= 11 is 0. The van der Waals surface area contributed by atoms with E-state index in [1.807, 2.05) is 32.0 Å². The van der Waals surface area contributed by atoms with Crippen LogP contribution in [0.2, 0.25) is 0 Å². The highest BCUT2D eigenvalue weighted by atomic mass is 16.5. The minimum atomic E-state index is -0.172. The van der Waals surface area contributed by atoms with Crippen molar-refractivity contribution in [3.8, 4) is 5.75 Å². The van der Waals surface area contributed by atoms with E-state index in [0.717, 1.165) is 29.7 Å². The number of hydrogen-bond donors (Lipinski definition) is 1. The van der Waals surface area contributed by atoms with Crippen LogP contribution < -0.4 is 4.74 Å². The zero-order valence-electron chi connectivity index (χ0n) is 12.4. The number of aliphatic hydroxyl groups excluding tert-OH is 1. The molecule has 0 heterocycles. The van der Waals surface area contributed by atoms with E-state index in [-0.39, 0.29) is 18.6 Å². The Morgan fingerprint density at radius 3 is 2.50 bits per heavy atom. The van der Waals surface area contributed by atoms with Crippen LogP contribution in [0.1, 0.15) is 24.0 Å². The van der Waals surface area contributed by atoms with E-state index in [9.17, 15) is 9.90 Å². The van der Waals surface area contributed by atoms with Gasteiger partial charge in [0.1, 0.15) is 5.75 Å². The highest BCUT2D eigenvalue weighted by Gasteiger charge is 2.29. The number of rotatable bonds is 5. The standard InChI is InChI=1S/C16H23NO3/c1-11-5-4-6-12(2)16(11)20-10-15(19)17(3)9-13-7-14(18)8-13/h4-6,13-14,18H,7-10H2,1-3H3. The zero-order valence-corrected chi connectivity index (χ0v) is 12.4. The first-order valence-electron chi connectivity index (χ1n) is 7.08. The number of carbonyl (C=O) groups is 1. The average Bonchev–Trinajstić information content (AvgIpc) is 2.36. The molecule has 0 unspecified atom stereocenters. The van der Waals surface area contributed by atoms with Crippen molar-refractivity contribution in [3.63, 3.8) is 0 Å². The van der Waals surface area contributed by atoms with Crippen molar-refractivity contribution in [1.82, 2.24) is 4.90 Å². The van der Waals surface area contributed by atoms with Crippen molar-refractivity contribution in [1.29, 1.82) is 0 Å². The van der Waals surface area contributed by atoms with Crippen LogP contribution in [0.4, 0.5) is 0 Å². The summed E-state index contributed by atoms with van der Waals surface area (Å²) in [7, 11) is 1.79. The second-order valence-corrected chi connectivity index (χ2v) is 5.78. The maximum atomic E-state index is 12.0. The molecule has 0 aromatic heterocycles. The third-order valence-corrected chi connectivity index (χ3v) is 3.92. The van der Waals surface area contributed by atoms with Crippen LogP contribution in [0.15, 0.2) is 18.2 Å². The fourth-order valence-electron chi connectivity index (χ4n) is 2.61. The zero-order chi connectivity index (χ0) is 14.7. The number of amides is 1. The Hall–Kier alpha value is -1.55. The maximum absolute atomic E-state index is 12.0. The summed E-state index contributed by atoms with van der Waals surface area (Å²) in [5.74, 6) is 1.21. The minimum Gasteiger partial charge on any atom is -0.483 e. The molecule has 1 N–H and O–H groups in total. The molecule has 1 saturated carbocycles. The number of aryl methyl sites for hydroxylation is 2. The Kier molecular flexibility index (Phi) is 4.65. The van der Waals surface area contributed by atoms with E-state index in [1.54, 1.807) is 11.9 Å². The molecule has 0 atom stereocenters. The van der Waals surface area contributed by atoms with Crippen LogP contribution >= 0.6 is 0 Å². The molecular weight excluding hydrogens is 254 g/mol. The summed E-state index contributed by atoms with van der Waals surface area (Å²) in [5, 5.41) is 9.25. The number of para-hydroxylation sites is 1. The first-order chi connectivity index (χ1) is 9.47. The van der Waals surface area contributed by atoms with Gasteiger partial charge in [0.05, 0.1) is 6.10 Å². The van der Waals surface area contributed by atoms with E-state index < -0.39 is 0 Å². The molecule has 1 aliphatic rings. The van der Waals surface area contributed by atoms with Crippen LogP contribution in [-0.2, 0) is 4.79 Å². The van der Waals surface area contributed by atoms with Gasteiger partial charge in [0, 0.05) is 13.6 Å². The van der Waals surface area contributed by atoms with Crippen molar-refractivity contribution in [3.05, 3.63) is 29.3 Å². The largest absolute Gasteiger partial charge is 0.483 e. The van der Waals surface area contributed by atoms with Gasteiger partial charge in [-0.15, -0.1) is 0 Å². The number of hydrogen-bond acceptors (Lipinski definition) is 3. The molecule has 1 fully saturated rings. The van der Waals surface area contributed by atoms with E-state index in [2.05, 4.69) is 0 Å². The van der Waals surface area contributed by atoms with Gasteiger partial charge in [-0.1, -0.05) is 18.2 Å². The van der Waals surface area contributed by atoms with Crippen LogP contribution in [0.3, 0.4) is 0 Å². The fourth-order valence-corrected chi connectivity index (χ4v) is 2.61. The van der Waals surface area contributed by atoms with E-state index >= 15 is 0 Å². The average molecular weight is 277 g/mol. The Morgan fingerprint density at radius 1 is 1.35 bits per heavy atom. The molecule has 1 aromatic carbocycles. The molecule has 0 radical (unpaired) electrons. The van der Waals surface area contributed by atoms with Gasteiger partial charge in [0.2, 0.25) is 0 Å². The van der Waals surface area contributed by atoms with Crippen molar-refractivity contribution in [2.24, 2.45) is 5.92 Å². The number of carbonyl (C=O) groups excluding carboxylic acids is 1. The normalized spacial score (nSPS) is 21.2. The lowest BCUT2D eigenvalue weighted by atomic mass is 9.82. The maximum Gasteiger partial charge on any atom is 0.260 e. The summed E-state index contributed by atoms with van der Waals surface area (Å²) in [6, 6.07) is 5.94. The molecule has 110 valence electrons. The lowest BCUT2D eigenvalue weighted by Gasteiger charge is -2.34. The lowest BCUT2D eigenvalue weighted by molar-refractivity contribution is -0.133. The van der Waals surface area contributed by atoms with Crippen LogP contribution in [-0.4, -0.2) is 42.2 Å². The van der Waals surface area contributed by atoms with Gasteiger partial charge >= 0.3 is 0 Å². The molecule has 4 heteroatoms. The topological polar surface area (TPSA) is 49.8 Å². The van der Waals surface area contributed by atoms with Crippen molar-refractivity contribution < 1.29 is 14.6 Å². The summed E-state index contributed by atoms with van der Waals surface area (Å²) in [5.41, 5.74) is 2.09. The van der Waals surface area contributed by atoms with Crippen LogP contribution in [0, 0.1) is 19.8 Å². The summed E-state index contributed by atoms with van der Waals surface area (Å²) in [4.78, 5) is 13.7. The van der Waals surface area contributed by atoms with Gasteiger partial charge in [-0.25, -0.2) is 0 Å². The van der Waals surface area contributed by atoms with Crippen molar-refractivity contribution in [2.45, 2.75) is 32.8 Å². The molecule has 0 aliphatic heterocycles. The summed E-state index contributed by atoms with van der Waals surface area (Å²) in [6.45, 7) is 4.72. The molecule has 20 heavy (non-hydrogen) atoms. The first kappa shape index (κ1) is 14.9. The summed E-state index contributed by atoms with van der Waals surface area (Å²) in [6.07, 6.45) is 1.43. The molecule has 4 nitrogen and oxygen atoms in total. The molecule has 0 saturated heterocycles. The second kappa shape index (κ2) is 6.27. The molecule has 1 aliphatic carbocycles. The molecule has 0 spiro atoms. The molecule has 1 amide bonds. The van der Waals surface area contributed by atoms with Gasteiger partial charge < -0.3 is 14.7 Å². The van der Waals surface area contributed by atoms with Crippen molar-refractivity contribution in [2.75, 3.05) is 20.2 Å². The number of nitrogens with zero attached hydrogens (tertiary/aromatic N) is 1. The Labute approximate surface area is 120 Å². The van der Waals surface area contributed by atoms with Crippen molar-refractivity contribution >= 4 is 5.91 Å². The van der Waals surface area contributed by atoms with E-state index in [1.165, 1.54) is 0 Å². The SMILES string of the molecule is Cc1cccc(C)c1OCC(=O)N(C)CC1CC(O)C1.